The Kier molecular flexibility index (Phi) is 4.55. The Morgan fingerprint density at radius 2 is 2.11 bits per heavy atom. The van der Waals surface area contributed by atoms with Crippen LogP contribution in [0.1, 0.15) is 12.5 Å². The fourth-order valence-corrected chi connectivity index (χ4v) is 2.48. The molecular weight excluding hydrogens is 231 g/mol. The van der Waals surface area contributed by atoms with Crippen LogP contribution in [0.4, 0.5) is 4.39 Å². The summed E-state index contributed by atoms with van der Waals surface area (Å²) in [6, 6.07) is 5.13. The Hall–Kier alpha value is -1.13. The highest BCUT2D eigenvalue weighted by Crippen LogP contribution is 2.22. The lowest BCUT2D eigenvalue weighted by molar-refractivity contribution is 0.182. The lowest BCUT2D eigenvalue weighted by Gasteiger charge is -2.33. The summed E-state index contributed by atoms with van der Waals surface area (Å²) in [4.78, 5) is 2.43. The van der Waals surface area contributed by atoms with Gasteiger partial charge >= 0.3 is 0 Å². The number of hydrogen-bond acceptors (Lipinski definition) is 3. The van der Waals surface area contributed by atoms with Gasteiger partial charge in [0.15, 0.2) is 0 Å². The minimum atomic E-state index is -0.196. The number of methoxy groups -OCH3 is 1. The fourth-order valence-electron chi connectivity index (χ4n) is 2.48. The summed E-state index contributed by atoms with van der Waals surface area (Å²) in [5, 5.41) is 3.34. The minimum Gasteiger partial charge on any atom is -0.496 e. The molecule has 0 bridgehead atoms. The van der Waals surface area contributed by atoms with Crippen LogP contribution in [0.25, 0.3) is 0 Å². The quantitative estimate of drug-likeness (QED) is 0.882. The third-order valence-electron chi connectivity index (χ3n) is 3.53. The van der Waals surface area contributed by atoms with E-state index in [1.165, 1.54) is 6.07 Å². The van der Waals surface area contributed by atoms with E-state index < -0.39 is 0 Å². The van der Waals surface area contributed by atoms with Crippen molar-refractivity contribution in [3.8, 4) is 5.75 Å². The maximum atomic E-state index is 13.3. The van der Waals surface area contributed by atoms with Crippen molar-refractivity contribution >= 4 is 0 Å². The van der Waals surface area contributed by atoms with Gasteiger partial charge in [-0.15, -0.1) is 0 Å². The molecule has 1 aliphatic heterocycles. The van der Waals surface area contributed by atoms with E-state index >= 15 is 0 Å². The number of hydrogen-bond donors (Lipinski definition) is 1. The van der Waals surface area contributed by atoms with Gasteiger partial charge in [-0.25, -0.2) is 4.39 Å². The van der Waals surface area contributed by atoms with E-state index in [1.54, 1.807) is 19.2 Å². The van der Waals surface area contributed by atoms with Crippen LogP contribution >= 0.6 is 0 Å². The molecule has 0 amide bonds. The standard InChI is InChI=1S/C14H21FN2O/c1-11(17-7-5-16-6-8-17)9-12-10-13(15)3-4-14(12)18-2/h3-4,10-11,16H,5-9H2,1-2H3. The van der Waals surface area contributed by atoms with Crippen LogP contribution in [0, 0.1) is 5.82 Å². The number of nitrogens with zero attached hydrogens (tertiary/aromatic N) is 1. The first-order valence-corrected chi connectivity index (χ1v) is 6.48. The zero-order valence-electron chi connectivity index (χ0n) is 11.1. The zero-order chi connectivity index (χ0) is 13.0. The van der Waals surface area contributed by atoms with Crippen molar-refractivity contribution in [2.45, 2.75) is 19.4 Å². The number of nitrogens with one attached hydrogen (secondary N) is 1. The van der Waals surface area contributed by atoms with Crippen LogP contribution in [0.2, 0.25) is 0 Å². The topological polar surface area (TPSA) is 24.5 Å². The molecular formula is C14H21FN2O. The summed E-state index contributed by atoms with van der Waals surface area (Å²) < 4.78 is 18.6. The molecule has 18 heavy (non-hydrogen) atoms. The summed E-state index contributed by atoms with van der Waals surface area (Å²) in [5.74, 6) is 0.580. The Balaban J connectivity index is 2.05. The highest BCUT2D eigenvalue weighted by molar-refractivity contribution is 5.34. The van der Waals surface area contributed by atoms with Gasteiger partial charge in [-0.3, -0.25) is 4.90 Å². The van der Waals surface area contributed by atoms with Crippen molar-refractivity contribution in [2.24, 2.45) is 0 Å². The molecule has 2 rings (SSSR count). The first kappa shape index (κ1) is 13.3. The number of halogens is 1. The van der Waals surface area contributed by atoms with Crippen LogP contribution in [0.15, 0.2) is 18.2 Å². The lowest BCUT2D eigenvalue weighted by Crippen LogP contribution is -2.48. The predicted octanol–water partition coefficient (Wildman–Crippen LogP) is 1.67. The molecule has 1 saturated heterocycles. The molecule has 0 radical (unpaired) electrons. The van der Waals surface area contributed by atoms with Gasteiger partial charge in [0.25, 0.3) is 0 Å². The van der Waals surface area contributed by atoms with Crippen molar-refractivity contribution in [2.75, 3.05) is 33.3 Å². The molecule has 0 spiro atoms. The number of benzene rings is 1. The van der Waals surface area contributed by atoms with Crippen LogP contribution < -0.4 is 10.1 Å². The summed E-state index contributed by atoms with van der Waals surface area (Å²) >= 11 is 0. The van der Waals surface area contributed by atoms with Crippen LogP contribution in [0.3, 0.4) is 0 Å². The highest BCUT2D eigenvalue weighted by atomic mass is 19.1. The Morgan fingerprint density at radius 1 is 1.39 bits per heavy atom. The van der Waals surface area contributed by atoms with Crippen molar-refractivity contribution < 1.29 is 9.13 Å². The largest absolute Gasteiger partial charge is 0.496 e. The molecule has 1 fully saturated rings. The van der Waals surface area contributed by atoms with Gasteiger partial charge in [0.2, 0.25) is 0 Å². The normalized spacial score (nSPS) is 18.6. The molecule has 3 nitrogen and oxygen atoms in total. The molecule has 1 unspecified atom stereocenters. The SMILES string of the molecule is COc1ccc(F)cc1CC(C)N1CCNCC1. The van der Waals surface area contributed by atoms with Crippen LogP contribution in [-0.2, 0) is 6.42 Å². The molecule has 0 aliphatic carbocycles. The number of rotatable bonds is 4. The molecule has 1 aromatic rings. The molecule has 1 aliphatic rings. The van der Waals surface area contributed by atoms with Gasteiger partial charge in [-0.2, -0.15) is 0 Å². The average Bonchev–Trinajstić information content (AvgIpc) is 2.40. The third kappa shape index (κ3) is 3.21. The van der Waals surface area contributed by atoms with Crippen molar-refractivity contribution in [3.63, 3.8) is 0 Å². The second kappa shape index (κ2) is 6.16. The highest BCUT2D eigenvalue weighted by Gasteiger charge is 2.18. The van der Waals surface area contributed by atoms with Crippen molar-refractivity contribution in [3.05, 3.63) is 29.6 Å². The molecule has 1 N–H and O–H groups in total. The molecule has 1 aromatic carbocycles. The van der Waals surface area contributed by atoms with E-state index in [0.29, 0.717) is 6.04 Å². The molecule has 1 atom stereocenters. The molecule has 100 valence electrons. The fraction of sp³-hybridized carbons (Fsp3) is 0.571. The second-order valence-electron chi connectivity index (χ2n) is 4.80. The van der Waals surface area contributed by atoms with Gasteiger partial charge in [-0.1, -0.05) is 0 Å². The van der Waals surface area contributed by atoms with E-state index in [2.05, 4.69) is 17.1 Å². The first-order chi connectivity index (χ1) is 8.70. The van der Waals surface area contributed by atoms with E-state index in [1.807, 2.05) is 0 Å². The molecule has 0 aromatic heterocycles. The number of piperazine rings is 1. The van der Waals surface area contributed by atoms with E-state index in [0.717, 1.165) is 43.9 Å². The molecule has 4 heteroatoms. The summed E-state index contributed by atoms with van der Waals surface area (Å²) in [7, 11) is 1.63. The maximum absolute atomic E-state index is 13.3. The smallest absolute Gasteiger partial charge is 0.123 e. The Morgan fingerprint density at radius 3 is 2.78 bits per heavy atom. The van der Waals surface area contributed by atoms with Crippen LogP contribution in [-0.4, -0.2) is 44.2 Å². The van der Waals surface area contributed by atoms with Gasteiger partial charge in [0.05, 0.1) is 7.11 Å². The summed E-state index contributed by atoms with van der Waals surface area (Å²) in [6.45, 7) is 6.36. The third-order valence-corrected chi connectivity index (χ3v) is 3.53. The van der Waals surface area contributed by atoms with E-state index in [9.17, 15) is 4.39 Å². The zero-order valence-corrected chi connectivity index (χ0v) is 11.1. The van der Waals surface area contributed by atoms with Gasteiger partial charge in [0.1, 0.15) is 11.6 Å². The second-order valence-corrected chi connectivity index (χ2v) is 4.80. The average molecular weight is 252 g/mol. The summed E-state index contributed by atoms with van der Waals surface area (Å²) in [5.41, 5.74) is 0.948. The van der Waals surface area contributed by atoms with Gasteiger partial charge in [-0.05, 0) is 37.1 Å². The van der Waals surface area contributed by atoms with Crippen LogP contribution in [0.5, 0.6) is 5.75 Å². The van der Waals surface area contributed by atoms with Crippen molar-refractivity contribution in [1.29, 1.82) is 0 Å². The molecule has 0 saturated carbocycles. The summed E-state index contributed by atoms with van der Waals surface area (Å²) in [6.07, 6.45) is 0.820. The Bertz CT molecular complexity index is 391. The predicted molar refractivity (Wildman–Crippen MR) is 70.6 cm³/mol. The van der Waals surface area contributed by atoms with E-state index in [-0.39, 0.29) is 5.82 Å². The lowest BCUT2D eigenvalue weighted by atomic mass is 10.0. The van der Waals surface area contributed by atoms with Gasteiger partial charge in [0, 0.05) is 32.2 Å². The minimum absolute atomic E-state index is 0.196. The maximum Gasteiger partial charge on any atom is 0.123 e. The monoisotopic (exact) mass is 252 g/mol. The van der Waals surface area contributed by atoms with Gasteiger partial charge < -0.3 is 10.1 Å². The van der Waals surface area contributed by atoms with E-state index in [4.69, 9.17) is 4.74 Å². The van der Waals surface area contributed by atoms with Crippen molar-refractivity contribution in [1.82, 2.24) is 10.2 Å². The molecule has 1 heterocycles. The first-order valence-electron chi connectivity index (χ1n) is 6.48. The Labute approximate surface area is 108 Å². The number of ether oxygens (including phenoxy) is 1.